The summed E-state index contributed by atoms with van der Waals surface area (Å²) in [6.07, 6.45) is 5.64. The predicted molar refractivity (Wildman–Crippen MR) is 105 cm³/mol. The van der Waals surface area contributed by atoms with Crippen molar-refractivity contribution in [1.82, 2.24) is 9.97 Å². The van der Waals surface area contributed by atoms with Crippen LogP contribution in [-0.4, -0.2) is 28.3 Å². The van der Waals surface area contributed by atoms with E-state index in [1.165, 1.54) is 5.56 Å². The molecule has 0 bridgehead atoms. The van der Waals surface area contributed by atoms with E-state index in [4.69, 9.17) is 14.3 Å². The molecule has 3 heterocycles. The summed E-state index contributed by atoms with van der Waals surface area (Å²) in [7, 11) is -0.354. The minimum absolute atomic E-state index is 0.329. The van der Waals surface area contributed by atoms with Gasteiger partial charge >= 0.3 is 7.12 Å². The van der Waals surface area contributed by atoms with Crippen molar-refractivity contribution in [2.75, 3.05) is 0 Å². The van der Waals surface area contributed by atoms with E-state index in [0.717, 1.165) is 35.3 Å². The van der Waals surface area contributed by atoms with Crippen molar-refractivity contribution < 1.29 is 9.31 Å². The first-order chi connectivity index (χ1) is 12.3. The van der Waals surface area contributed by atoms with Crippen molar-refractivity contribution in [3.8, 4) is 11.3 Å². The summed E-state index contributed by atoms with van der Waals surface area (Å²) in [6.45, 7) is 14.5. The topological polar surface area (TPSA) is 44.2 Å². The summed E-state index contributed by atoms with van der Waals surface area (Å²) in [5.74, 6) is 0. The van der Waals surface area contributed by atoms with E-state index < -0.39 is 0 Å². The molecule has 2 aliphatic rings. The van der Waals surface area contributed by atoms with E-state index in [0.29, 0.717) is 0 Å². The fraction of sp³-hybridized carbons (Fsp3) is 0.381. The molecule has 4 nitrogen and oxygen atoms in total. The summed E-state index contributed by atoms with van der Waals surface area (Å²) >= 11 is 0. The van der Waals surface area contributed by atoms with Crippen LogP contribution in [0.25, 0.3) is 11.3 Å². The average Bonchev–Trinajstić information content (AvgIpc) is 2.83. The molecule has 1 aliphatic heterocycles. The standard InChI is InChI=1S/C18H21BN2O2.C3H4/c1-17(2)18(3,4)23-19(22-17)13-10-12-7-8-15-14(6-5-9-20-15)16(12)21-11-13;1-3-2/h5-6,9-11H,7-8H2,1-4H3;1-2H2. The Kier molecular flexibility index (Phi) is 4.89. The molecule has 0 spiro atoms. The summed E-state index contributed by atoms with van der Waals surface area (Å²) in [5, 5.41) is 0. The van der Waals surface area contributed by atoms with Crippen molar-refractivity contribution in [3.05, 3.63) is 60.7 Å². The first-order valence-electron chi connectivity index (χ1n) is 8.87. The Morgan fingerprint density at radius 2 is 1.73 bits per heavy atom. The molecule has 0 radical (unpaired) electrons. The third-order valence-corrected chi connectivity index (χ3v) is 5.29. The van der Waals surface area contributed by atoms with Crippen LogP contribution in [0.4, 0.5) is 0 Å². The van der Waals surface area contributed by atoms with Gasteiger partial charge in [-0.25, -0.2) is 0 Å². The molecule has 0 amide bonds. The maximum absolute atomic E-state index is 6.14. The largest absolute Gasteiger partial charge is 0.496 e. The zero-order valence-electron chi connectivity index (χ0n) is 16.0. The van der Waals surface area contributed by atoms with Gasteiger partial charge in [0.05, 0.1) is 22.6 Å². The van der Waals surface area contributed by atoms with Gasteiger partial charge < -0.3 is 9.31 Å². The molecule has 0 saturated carbocycles. The first kappa shape index (κ1) is 18.6. The number of aryl methyl sites for hydroxylation is 2. The Balaban J connectivity index is 0.000000613. The first-order valence-corrected chi connectivity index (χ1v) is 8.87. The SMILES string of the molecule is C=C=C.CC1(C)OB(c2cnc3c(c2)CCc2ncccc2-3)OC1(C)C. The van der Waals surface area contributed by atoms with E-state index in [1.807, 2.05) is 18.5 Å². The van der Waals surface area contributed by atoms with E-state index in [2.05, 4.69) is 63.7 Å². The summed E-state index contributed by atoms with van der Waals surface area (Å²) in [6, 6.07) is 6.25. The number of aromatic nitrogens is 2. The molecule has 0 unspecified atom stereocenters. The fourth-order valence-electron chi connectivity index (χ4n) is 3.18. The van der Waals surface area contributed by atoms with Crippen molar-refractivity contribution in [2.45, 2.75) is 51.7 Å². The molecule has 2 aromatic rings. The Morgan fingerprint density at radius 3 is 2.38 bits per heavy atom. The van der Waals surface area contributed by atoms with Gasteiger partial charge in [-0.3, -0.25) is 9.97 Å². The van der Waals surface area contributed by atoms with Crippen LogP contribution < -0.4 is 5.46 Å². The Labute approximate surface area is 156 Å². The minimum Gasteiger partial charge on any atom is -0.399 e. The highest BCUT2D eigenvalue weighted by Crippen LogP contribution is 2.37. The lowest BCUT2D eigenvalue weighted by atomic mass is 9.78. The zero-order valence-corrected chi connectivity index (χ0v) is 16.0. The Bertz CT molecular complexity index is 839. The monoisotopic (exact) mass is 348 g/mol. The zero-order chi connectivity index (χ0) is 18.9. The van der Waals surface area contributed by atoms with Gasteiger partial charge in [-0.15, -0.1) is 5.73 Å². The number of fused-ring (bicyclic) bond motifs is 3. The van der Waals surface area contributed by atoms with E-state index in [1.54, 1.807) is 0 Å². The maximum atomic E-state index is 6.14. The minimum atomic E-state index is -0.354. The second kappa shape index (κ2) is 6.84. The second-order valence-corrected chi connectivity index (χ2v) is 7.61. The van der Waals surface area contributed by atoms with Crippen LogP contribution in [0.15, 0.2) is 49.5 Å². The lowest BCUT2D eigenvalue weighted by molar-refractivity contribution is 0.00578. The lowest BCUT2D eigenvalue weighted by Crippen LogP contribution is -2.41. The predicted octanol–water partition coefficient (Wildman–Crippen LogP) is 3.50. The van der Waals surface area contributed by atoms with Crippen LogP contribution in [0.5, 0.6) is 0 Å². The molecule has 1 fully saturated rings. The van der Waals surface area contributed by atoms with Gasteiger partial charge in [-0.2, -0.15) is 0 Å². The molecule has 134 valence electrons. The van der Waals surface area contributed by atoms with E-state index in [-0.39, 0.29) is 18.3 Å². The number of hydrogen-bond acceptors (Lipinski definition) is 4. The van der Waals surface area contributed by atoms with Crippen molar-refractivity contribution in [3.63, 3.8) is 0 Å². The smallest absolute Gasteiger partial charge is 0.399 e. The van der Waals surface area contributed by atoms with Crippen LogP contribution in [0.2, 0.25) is 0 Å². The molecular formula is C21H25BN2O2. The molecule has 1 saturated heterocycles. The fourth-order valence-corrected chi connectivity index (χ4v) is 3.18. The molecule has 0 aromatic carbocycles. The second-order valence-electron chi connectivity index (χ2n) is 7.61. The van der Waals surface area contributed by atoms with Crippen LogP contribution in [-0.2, 0) is 22.2 Å². The van der Waals surface area contributed by atoms with Crippen molar-refractivity contribution in [2.24, 2.45) is 0 Å². The highest BCUT2D eigenvalue weighted by molar-refractivity contribution is 6.62. The maximum Gasteiger partial charge on any atom is 0.496 e. The summed E-state index contributed by atoms with van der Waals surface area (Å²) < 4.78 is 12.3. The number of pyridine rings is 2. The highest BCUT2D eigenvalue weighted by atomic mass is 16.7. The van der Waals surface area contributed by atoms with Crippen LogP contribution >= 0.6 is 0 Å². The molecular weight excluding hydrogens is 323 g/mol. The third kappa shape index (κ3) is 3.26. The molecule has 26 heavy (non-hydrogen) atoms. The Hall–Kier alpha value is -2.20. The third-order valence-electron chi connectivity index (χ3n) is 5.29. The van der Waals surface area contributed by atoms with Gasteiger partial charge in [0.2, 0.25) is 0 Å². The summed E-state index contributed by atoms with van der Waals surface area (Å²) in [4.78, 5) is 9.17. The van der Waals surface area contributed by atoms with Gasteiger partial charge in [-0.05, 0) is 58.2 Å². The molecule has 0 N–H and O–H groups in total. The van der Waals surface area contributed by atoms with Gasteiger partial charge in [0.25, 0.3) is 0 Å². The van der Waals surface area contributed by atoms with Gasteiger partial charge in [-0.1, -0.05) is 19.2 Å². The number of nitrogens with zero attached hydrogens (tertiary/aromatic N) is 2. The molecule has 4 rings (SSSR count). The quantitative estimate of drug-likeness (QED) is 0.585. The lowest BCUT2D eigenvalue weighted by Gasteiger charge is -2.32. The molecule has 1 aliphatic carbocycles. The van der Waals surface area contributed by atoms with E-state index in [9.17, 15) is 0 Å². The molecule has 2 aromatic heterocycles. The van der Waals surface area contributed by atoms with Gasteiger partial charge in [0, 0.05) is 23.4 Å². The Morgan fingerprint density at radius 1 is 1.08 bits per heavy atom. The van der Waals surface area contributed by atoms with Crippen molar-refractivity contribution in [1.29, 1.82) is 0 Å². The normalized spacial score (nSPS) is 18.8. The van der Waals surface area contributed by atoms with Gasteiger partial charge in [0.15, 0.2) is 0 Å². The number of hydrogen-bond donors (Lipinski definition) is 0. The van der Waals surface area contributed by atoms with Crippen LogP contribution in [0.1, 0.15) is 39.0 Å². The molecule has 0 atom stereocenters. The van der Waals surface area contributed by atoms with Crippen molar-refractivity contribution >= 4 is 12.6 Å². The highest BCUT2D eigenvalue weighted by Gasteiger charge is 2.51. The number of rotatable bonds is 1. The van der Waals surface area contributed by atoms with Gasteiger partial charge in [0.1, 0.15) is 0 Å². The molecule has 5 heteroatoms. The summed E-state index contributed by atoms with van der Waals surface area (Å²) in [5.41, 5.74) is 7.16. The van der Waals surface area contributed by atoms with Crippen LogP contribution in [0, 0.1) is 0 Å². The average molecular weight is 348 g/mol. The van der Waals surface area contributed by atoms with Crippen LogP contribution in [0.3, 0.4) is 0 Å². The van der Waals surface area contributed by atoms with E-state index >= 15 is 0 Å².